The Morgan fingerprint density at radius 1 is 1.11 bits per heavy atom. The van der Waals surface area contributed by atoms with E-state index in [1.165, 1.54) is 22.3 Å². The maximum Gasteiger partial charge on any atom is 0.407 e. The van der Waals surface area contributed by atoms with Crippen LogP contribution in [0, 0.1) is 5.92 Å². The number of carbonyl (C=O) groups is 1. The summed E-state index contributed by atoms with van der Waals surface area (Å²) in [5.41, 5.74) is 3.87. The summed E-state index contributed by atoms with van der Waals surface area (Å²) in [7, 11) is 0. The van der Waals surface area contributed by atoms with Gasteiger partial charge in [-0.25, -0.2) is 4.79 Å². The standard InChI is InChI=1S/C24H27NO3/c1-24(27,17-9-3-2-4-10-17)16-25-23(26)28-15-22-20-13-7-5-11-18(20)19-12-6-8-14-21(19)22/h2-3,5-8,11-14,17,22,27H,4,9-10,15-16H2,1H3,(H,25,26). The molecule has 2 aromatic rings. The van der Waals surface area contributed by atoms with Gasteiger partial charge in [0.05, 0.1) is 5.60 Å². The Hall–Kier alpha value is -2.59. The van der Waals surface area contributed by atoms with E-state index in [1.54, 1.807) is 6.92 Å². The van der Waals surface area contributed by atoms with Crippen LogP contribution >= 0.6 is 0 Å². The molecule has 4 nitrogen and oxygen atoms in total. The number of hydrogen-bond acceptors (Lipinski definition) is 3. The Balaban J connectivity index is 1.37. The molecule has 0 saturated carbocycles. The first-order valence-corrected chi connectivity index (χ1v) is 10.0. The molecule has 0 aromatic heterocycles. The van der Waals surface area contributed by atoms with Gasteiger partial charge in [-0.3, -0.25) is 0 Å². The van der Waals surface area contributed by atoms with Gasteiger partial charge in [0.2, 0.25) is 0 Å². The molecule has 2 unspecified atom stereocenters. The summed E-state index contributed by atoms with van der Waals surface area (Å²) in [4.78, 5) is 12.3. The Morgan fingerprint density at radius 3 is 2.36 bits per heavy atom. The van der Waals surface area contributed by atoms with Gasteiger partial charge in [-0.2, -0.15) is 0 Å². The second-order valence-corrected chi connectivity index (χ2v) is 8.02. The molecular formula is C24H27NO3. The van der Waals surface area contributed by atoms with E-state index in [-0.39, 0.29) is 25.0 Å². The van der Waals surface area contributed by atoms with E-state index >= 15 is 0 Å². The van der Waals surface area contributed by atoms with Gasteiger partial charge < -0.3 is 15.2 Å². The van der Waals surface area contributed by atoms with E-state index in [1.807, 2.05) is 24.3 Å². The summed E-state index contributed by atoms with van der Waals surface area (Å²) in [6.45, 7) is 2.27. The molecule has 2 aliphatic carbocycles. The first-order chi connectivity index (χ1) is 13.6. The second kappa shape index (κ2) is 7.80. The highest BCUT2D eigenvalue weighted by atomic mass is 16.5. The number of aliphatic hydroxyl groups is 1. The molecule has 4 rings (SSSR count). The van der Waals surface area contributed by atoms with Crippen LogP contribution in [-0.4, -0.2) is 30.0 Å². The minimum Gasteiger partial charge on any atom is -0.449 e. The lowest BCUT2D eigenvalue weighted by Crippen LogP contribution is -2.46. The second-order valence-electron chi connectivity index (χ2n) is 8.02. The van der Waals surface area contributed by atoms with Crippen LogP contribution < -0.4 is 5.32 Å². The van der Waals surface area contributed by atoms with Crippen molar-refractivity contribution in [2.75, 3.05) is 13.2 Å². The minimum absolute atomic E-state index is 0.0436. The SMILES string of the molecule is CC(O)(CNC(=O)OCC1c2ccccc2-c2ccccc21)C1CC=CCC1. The normalized spacial score (nSPS) is 20.1. The molecule has 2 aromatic carbocycles. The molecule has 2 aliphatic rings. The Bertz CT molecular complexity index is 841. The number of nitrogens with one attached hydrogen (secondary N) is 1. The van der Waals surface area contributed by atoms with Crippen molar-refractivity contribution in [2.45, 2.75) is 37.7 Å². The quantitative estimate of drug-likeness (QED) is 0.747. The maximum atomic E-state index is 12.3. The van der Waals surface area contributed by atoms with Crippen molar-refractivity contribution >= 4 is 6.09 Å². The smallest absolute Gasteiger partial charge is 0.407 e. The molecule has 146 valence electrons. The number of ether oxygens (including phenoxy) is 1. The number of fused-ring (bicyclic) bond motifs is 3. The van der Waals surface area contributed by atoms with Gasteiger partial charge in [0.25, 0.3) is 0 Å². The fourth-order valence-electron chi connectivity index (χ4n) is 4.40. The van der Waals surface area contributed by atoms with E-state index in [9.17, 15) is 9.90 Å². The van der Waals surface area contributed by atoms with Crippen molar-refractivity contribution in [3.05, 3.63) is 71.8 Å². The zero-order valence-electron chi connectivity index (χ0n) is 16.2. The van der Waals surface area contributed by atoms with E-state index < -0.39 is 11.7 Å². The number of carbonyl (C=O) groups excluding carboxylic acids is 1. The fourth-order valence-corrected chi connectivity index (χ4v) is 4.40. The molecule has 2 N–H and O–H groups in total. The van der Waals surface area contributed by atoms with Crippen LogP contribution in [0.15, 0.2) is 60.7 Å². The number of hydrogen-bond donors (Lipinski definition) is 2. The van der Waals surface area contributed by atoms with Gasteiger partial charge in [0.1, 0.15) is 6.61 Å². The number of allylic oxidation sites excluding steroid dienone is 2. The highest BCUT2D eigenvalue weighted by Gasteiger charge is 2.33. The van der Waals surface area contributed by atoms with Crippen molar-refractivity contribution in [3.63, 3.8) is 0 Å². The molecule has 0 aliphatic heterocycles. The van der Waals surface area contributed by atoms with Crippen LogP contribution in [-0.2, 0) is 4.74 Å². The molecule has 4 heteroatoms. The minimum atomic E-state index is -0.934. The van der Waals surface area contributed by atoms with Gasteiger partial charge >= 0.3 is 6.09 Å². The van der Waals surface area contributed by atoms with Crippen molar-refractivity contribution in [2.24, 2.45) is 5.92 Å². The molecule has 0 heterocycles. The van der Waals surface area contributed by atoms with Crippen LogP contribution in [0.5, 0.6) is 0 Å². The molecule has 2 atom stereocenters. The maximum absolute atomic E-state index is 12.3. The van der Waals surface area contributed by atoms with Gasteiger partial charge in [-0.15, -0.1) is 0 Å². The van der Waals surface area contributed by atoms with E-state index in [0.29, 0.717) is 0 Å². The summed E-state index contributed by atoms with van der Waals surface area (Å²) in [5, 5.41) is 13.5. The van der Waals surface area contributed by atoms with Gasteiger partial charge in [-0.05, 0) is 54.4 Å². The molecule has 0 radical (unpaired) electrons. The lowest BCUT2D eigenvalue weighted by atomic mass is 9.80. The van der Waals surface area contributed by atoms with Gasteiger partial charge in [0.15, 0.2) is 0 Å². The molecule has 0 fully saturated rings. The van der Waals surface area contributed by atoms with Crippen LogP contribution in [0.2, 0.25) is 0 Å². The van der Waals surface area contributed by atoms with Crippen molar-refractivity contribution in [1.82, 2.24) is 5.32 Å². The topological polar surface area (TPSA) is 58.6 Å². The predicted molar refractivity (Wildman–Crippen MR) is 110 cm³/mol. The summed E-state index contributed by atoms with van der Waals surface area (Å²) >= 11 is 0. The highest BCUT2D eigenvalue weighted by molar-refractivity contribution is 5.79. The zero-order valence-corrected chi connectivity index (χ0v) is 16.2. The summed E-state index contributed by atoms with van der Waals surface area (Å²) in [5.74, 6) is 0.202. The highest BCUT2D eigenvalue weighted by Crippen LogP contribution is 2.44. The van der Waals surface area contributed by atoms with E-state index in [2.05, 4.69) is 41.7 Å². The molecule has 0 saturated heterocycles. The fraction of sp³-hybridized carbons (Fsp3) is 0.375. The Morgan fingerprint density at radius 2 is 1.75 bits per heavy atom. The van der Waals surface area contributed by atoms with Crippen molar-refractivity contribution < 1.29 is 14.6 Å². The number of rotatable bonds is 5. The average Bonchev–Trinajstić information content (AvgIpc) is 3.05. The number of amides is 1. The van der Waals surface area contributed by atoms with Crippen LogP contribution in [0.4, 0.5) is 4.79 Å². The zero-order chi connectivity index (χ0) is 19.6. The lowest BCUT2D eigenvalue weighted by molar-refractivity contribution is -0.00422. The third-order valence-electron chi connectivity index (χ3n) is 6.08. The van der Waals surface area contributed by atoms with Crippen molar-refractivity contribution in [3.8, 4) is 11.1 Å². The predicted octanol–water partition coefficient (Wildman–Crippen LogP) is 4.63. The molecule has 1 amide bonds. The van der Waals surface area contributed by atoms with Gasteiger partial charge in [-0.1, -0.05) is 60.7 Å². The summed E-state index contributed by atoms with van der Waals surface area (Å²) < 4.78 is 5.55. The largest absolute Gasteiger partial charge is 0.449 e. The van der Waals surface area contributed by atoms with Crippen molar-refractivity contribution in [1.29, 1.82) is 0 Å². The third kappa shape index (κ3) is 3.69. The molecule has 0 spiro atoms. The number of benzene rings is 2. The first kappa shape index (κ1) is 18.8. The molecule has 0 bridgehead atoms. The van der Waals surface area contributed by atoms with Gasteiger partial charge in [0, 0.05) is 12.5 Å². The third-order valence-corrected chi connectivity index (χ3v) is 6.08. The Labute approximate surface area is 166 Å². The van der Waals surface area contributed by atoms with Crippen LogP contribution in [0.25, 0.3) is 11.1 Å². The average molecular weight is 377 g/mol. The Kier molecular flexibility index (Phi) is 5.23. The first-order valence-electron chi connectivity index (χ1n) is 10.0. The van der Waals surface area contributed by atoms with E-state index in [0.717, 1.165) is 19.3 Å². The number of alkyl carbamates (subject to hydrolysis) is 1. The summed E-state index contributed by atoms with van der Waals surface area (Å²) in [6, 6.07) is 16.5. The van der Waals surface area contributed by atoms with E-state index in [4.69, 9.17) is 4.74 Å². The summed E-state index contributed by atoms with van der Waals surface area (Å²) in [6.07, 6.45) is 6.54. The van der Waals surface area contributed by atoms with Crippen LogP contribution in [0.3, 0.4) is 0 Å². The molecular weight excluding hydrogens is 350 g/mol. The monoisotopic (exact) mass is 377 g/mol. The molecule has 28 heavy (non-hydrogen) atoms. The lowest BCUT2D eigenvalue weighted by Gasteiger charge is -2.33. The van der Waals surface area contributed by atoms with Crippen LogP contribution in [0.1, 0.15) is 43.2 Å².